The molecule has 2 amide bonds. The van der Waals surface area contributed by atoms with Gasteiger partial charge in [-0.1, -0.05) is 19.1 Å². The highest BCUT2D eigenvalue weighted by molar-refractivity contribution is 5.75. The van der Waals surface area contributed by atoms with Crippen LogP contribution >= 0.6 is 0 Å². The summed E-state index contributed by atoms with van der Waals surface area (Å²) in [4.78, 5) is 14.1. The number of nitrogens with zero attached hydrogens (tertiary/aromatic N) is 1. The summed E-state index contributed by atoms with van der Waals surface area (Å²) in [5, 5.41) is 12.9. The average molecular weight is 322 g/mol. The van der Waals surface area contributed by atoms with E-state index >= 15 is 0 Å². The van der Waals surface area contributed by atoms with Crippen LogP contribution in [-0.4, -0.2) is 41.8 Å². The van der Waals surface area contributed by atoms with E-state index in [4.69, 9.17) is 4.74 Å². The van der Waals surface area contributed by atoms with Crippen molar-refractivity contribution in [2.24, 2.45) is 5.92 Å². The number of rotatable bonds is 1. The summed E-state index contributed by atoms with van der Waals surface area (Å²) in [5.74, 6) is 0.0497. The molecule has 2 heterocycles. The minimum absolute atomic E-state index is 0.208. The highest BCUT2D eigenvalue weighted by atomic mass is 19.1. The molecule has 126 valence electrons. The number of aliphatic hydroxyl groups excluding tert-OH is 1. The van der Waals surface area contributed by atoms with Gasteiger partial charge in [0.15, 0.2) is 11.6 Å². The number of ether oxygens (including phenoxy) is 1. The standard InChI is InChI=1S/C17H23FN2O3/c1-11-7-8-20(10-15(11)21)17(22)19-14-6-3-9-23-16-12(14)4-2-5-13(16)18/h2,4-5,11,14-15,21H,3,6-10H2,1H3,(H,19,22). The Morgan fingerprint density at radius 3 is 3.04 bits per heavy atom. The Morgan fingerprint density at radius 1 is 1.43 bits per heavy atom. The van der Waals surface area contributed by atoms with Crippen LogP contribution in [0.5, 0.6) is 5.75 Å². The predicted molar refractivity (Wildman–Crippen MR) is 83.8 cm³/mol. The minimum atomic E-state index is -0.489. The maximum Gasteiger partial charge on any atom is 0.317 e. The highest BCUT2D eigenvalue weighted by Gasteiger charge is 2.30. The number of likely N-dealkylation sites (tertiary alicyclic amines) is 1. The van der Waals surface area contributed by atoms with Crippen LogP contribution < -0.4 is 10.1 Å². The van der Waals surface area contributed by atoms with Crippen LogP contribution in [0.25, 0.3) is 0 Å². The maximum atomic E-state index is 13.9. The molecule has 0 spiro atoms. The molecule has 6 heteroatoms. The van der Waals surface area contributed by atoms with E-state index in [0.717, 1.165) is 12.8 Å². The number of urea groups is 1. The first-order chi connectivity index (χ1) is 11.1. The number of aliphatic hydroxyl groups is 1. The minimum Gasteiger partial charge on any atom is -0.490 e. The SMILES string of the molecule is CC1CCN(C(=O)NC2CCCOc3c(F)cccc32)CC1O. The number of hydrogen-bond donors (Lipinski definition) is 2. The summed E-state index contributed by atoms with van der Waals surface area (Å²) in [5.41, 5.74) is 0.682. The number of nitrogens with one attached hydrogen (secondary N) is 1. The molecule has 2 aliphatic heterocycles. The Labute approximate surface area is 135 Å². The van der Waals surface area contributed by atoms with E-state index in [0.29, 0.717) is 31.7 Å². The van der Waals surface area contributed by atoms with Gasteiger partial charge in [-0.25, -0.2) is 9.18 Å². The van der Waals surface area contributed by atoms with Crippen molar-refractivity contribution < 1.29 is 19.0 Å². The van der Waals surface area contributed by atoms with E-state index in [2.05, 4.69) is 5.32 Å². The number of β-amino-alcohol motifs (C(OH)–C–C–N with tert-alkyl or cyclic N) is 1. The van der Waals surface area contributed by atoms with Crippen LogP contribution in [0.4, 0.5) is 9.18 Å². The molecule has 2 aliphatic rings. The van der Waals surface area contributed by atoms with Crippen molar-refractivity contribution in [1.82, 2.24) is 10.2 Å². The van der Waals surface area contributed by atoms with Gasteiger partial charge in [-0.3, -0.25) is 0 Å². The summed E-state index contributed by atoms with van der Waals surface area (Å²) in [6, 6.07) is 4.31. The van der Waals surface area contributed by atoms with Gasteiger partial charge in [0, 0.05) is 18.7 Å². The molecule has 1 aromatic rings. The summed E-state index contributed by atoms with van der Waals surface area (Å²) < 4.78 is 19.4. The molecule has 5 nitrogen and oxygen atoms in total. The Morgan fingerprint density at radius 2 is 2.26 bits per heavy atom. The van der Waals surface area contributed by atoms with Gasteiger partial charge in [-0.2, -0.15) is 0 Å². The number of piperidine rings is 1. The first-order valence-corrected chi connectivity index (χ1v) is 8.21. The van der Waals surface area contributed by atoms with Crippen LogP contribution in [0.2, 0.25) is 0 Å². The highest BCUT2D eigenvalue weighted by Crippen LogP contribution is 2.33. The maximum absolute atomic E-state index is 13.9. The predicted octanol–water partition coefficient (Wildman–Crippen LogP) is 2.45. The fourth-order valence-corrected chi connectivity index (χ4v) is 3.19. The molecule has 3 rings (SSSR count). The molecule has 0 radical (unpaired) electrons. The molecule has 23 heavy (non-hydrogen) atoms. The Kier molecular flexibility index (Phi) is 4.71. The number of benzene rings is 1. The first kappa shape index (κ1) is 16.1. The third-order valence-electron chi connectivity index (χ3n) is 4.76. The normalized spacial score (nSPS) is 27.6. The quantitative estimate of drug-likeness (QED) is 0.835. The first-order valence-electron chi connectivity index (χ1n) is 8.21. The number of carbonyl (C=O) groups is 1. The number of para-hydroxylation sites is 1. The molecule has 0 saturated carbocycles. The van der Waals surface area contributed by atoms with E-state index in [1.807, 2.05) is 6.92 Å². The zero-order valence-electron chi connectivity index (χ0n) is 13.3. The van der Waals surface area contributed by atoms with Gasteiger partial charge in [-0.05, 0) is 31.2 Å². The molecular formula is C17H23FN2O3. The van der Waals surface area contributed by atoms with E-state index in [1.165, 1.54) is 6.07 Å². The lowest BCUT2D eigenvalue weighted by molar-refractivity contribution is 0.0429. The number of hydrogen-bond acceptors (Lipinski definition) is 3. The lowest BCUT2D eigenvalue weighted by atomic mass is 9.96. The topological polar surface area (TPSA) is 61.8 Å². The van der Waals surface area contributed by atoms with Crippen molar-refractivity contribution >= 4 is 6.03 Å². The van der Waals surface area contributed by atoms with Crippen LogP contribution in [0.1, 0.15) is 37.8 Å². The second-order valence-corrected chi connectivity index (χ2v) is 6.43. The van der Waals surface area contributed by atoms with E-state index in [-0.39, 0.29) is 23.7 Å². The van der Waals surface area contributed by atoms with Gasteiger partial charge in [0.1, 0.15) is 0 Å². The Hall–Kier alpha value is -1.82. The van der Waals surface area contributed by atoms with Crippen molar-refractivity contribution in [1.29, 1.82) is 0 Å². The molecule has 1 saturated heterocycles. The molecule has 3 unspecified atom stereocenters. The molecule has 0 aliphatic carbocycles. The van der Waals surface area contributed by atoms with E-state index in [1.54, 1.807) is 17.0 Å². The Bertz CT molecular complexity index is 581. The summed E-state index contributed by atoms with van der Waals surface area (Å²) in [6.07, 6.45) is 1.75. The molecule has 1 aromatic carbocycles. The molecule has 2 N–H and O–H groups in total. The van der Waals surface area contributed by atoms with Crippen molar-refractivity contribution in [3.63, 3.8) is 0 Å². The average Bonchev–Trinajstić information content (AvgIpc) is 2.74. The monoisotopic (exact) mass is 322 g/mol. The van der Waals surface area contributed by atoms with Gasteiger partial charge >= 0.3 is 6.03 Å². The van der Waals surface area contributed by atoms with Crippen LogP contribution in [-0.2, 0) is 0 Å². The van der Waals surface area contributed by atoms with Gasteiger partial charge < -0.3 is 20.1 Å². The number of fused-ring (bicyclic) bond motifs is 1. The van der Waals surface area contributed by atoms with Gasteiger partial charge in [0.05, 0.1) is 18.8 Å². The largest absolute Gasteiger partial charge is 0.490 e. The van der Waals surface area contributed by atoms with Crippen LogP contribution in [0, 0.1) is 11.7 Å². The summed E-state index contributed by atoms with van der Waals surface area (Å²) in [7, 11) is 0. The zero-order valence-corrected chi connectivity index (χ0v) is 13.3. The molecule has 0 aromatic heterocycles. The number of amides is 2. The number of carbonyl (C=O) groups excluding carboxylic acids is 1. The van der Waals surface area contributed by atoms with E-state index in [9.17, 15) is 14.3 Å². The van der Waals surface area contributed by atoms with Gasteiger partial charge in [0.25, 0.3) is 0 Å². The lowest BCUT2D eigenvalue weighted by Gasteiger charge is -2.35. The van der Waals surface area contributed by atoms with Crippen molar-refractivity contribution in [2.75, 3.05) is 19.7 Å². The zero-order chi connectivity index (χ0) is 16.4. The fourth-order valence-electron chi connectivity index (χ4n) is 3.19. The second kappa shape index (κ2) is 6.74. The van der Waals surface area contributed by atoms with Crippen molar-refractivity contribution in [2.45, 2.75) is 38.3 Å². The smallest absolute Gasteiger partial charge is 0.317 e. The van der Waals surface area contributed by atoms with Crippen LogP contribution in [0.15, 0.2) is 18.2 Å². The van der Waals surface area contributed by atoms with Gasteiger partial charge in [-0.15, -0.1) is 0 Å². The van der Waals surface area contributed by atoms with Gasteiger partial charge in [0.2, 0.25) is 0 Å². The fraction of sp³-hybridized carbons (Fsp3) is 0.588. The third-order valence-corrected chi connectivity index (χ3v) is 4.76. The molecule has 3 atom stereocenters. The van der Waals surface area contributed by atoms with E-state index < -0.39 is 11.9 Å². The van der Waals surface area contributed by atoms with Crippen molar-refractivity contribution in [3.05, 3.63) is 29.6 Å². The summed E-state index contributed by atoms with van der Waals surface area (Å²) >= 11 is 0. The summed E-state index contributed by atoms with van der Waals surface area (Å²) in [6.45, 7) is 3.40. The van der Waals surface area contributed by atoms with Crippen LogP contribution in [0.3, 0.4) is 0 Å². The Balaban J connectivity index is 1.73. The third kappa shape index (κ3) is 3.42. The second-order valence-electron chi connectivity index (χ2n) is 6.43. The molecule has 0 bridgehead atoms. The number of halogens is 1. The lowest BCUT2D eigenvalue weighted by Crippen LogP contribution is -2.50. The van der Waals surface area contributed by atoms with Crippen molar-refractivity contribution in [3.8, 4) is 5.75 Å². The molecular weight excluding hydrogens is 299 g/mol. The molecule has 1 fully saturated rings.